The molecule has 0 spiro atoms. The van der Waals surface area contributed by atoms with Gasteiger partial charge in [-0.05, 0) is 11.1 Å². The lowest BCUT2D eigenvalue weighted by molar-refractivity contribution is -0.123. The Morgan fingerprint density at radius 1 is 1.50 bits per heavy atom. The second-order valence-corrected chi connectivity index (χ2v) is 4.37. The smallest absolute Gasteiger partial charge is 0.265 e. The Morgan fingerprint density at radius 2 is 2.11 bits per heavy atom. The molecule has 0 aromatic carbocycles. The average Bonchev–Trinajstić information content (AvgIpc) is 2.73. The molecular weight excluding hydrogens is 258 g/mol. The van der Waals surface area contributed by atoms with E-state index in [2.05, 4.69) is 15.5 Å². The number of carbonyl (C=O) groups excluding carboxylic acids is 1. The Bertz CT molecular complexity index is 380. The first-order valence-electron chi connectivity index (χ1n) is 5.45. The molecule has 3 N–H and O–H groups in total. The minimum Gasteiger partial charge on any atom is -0.346 e. The van der Waals surface area contributed by atoms with E-state index in [1.165, 1.54) is 0 Å². The van der Waals surface area contributed by atoms with Gasteiger partial charge in [-0.1, -0.05) is 13.8 Å². The number of hydrogen-bond donors (Lipinski definition) is 2. The summed E-state index contributed by atoms with van der Waals surface area (Å²) in [6.45, 7) is 3.97. The van der Waals surface area contributed by atoms with Gasteiger partial charge in [0.15, 0.2) is 0 Å². The normalized spacial score (nSPS) is 11.9. The van der Waals surface area contributed by atoms with Crippen LogP contribution in [0.15, 0.2) is 4.52 Å². The molecule has 0 aliphatic heterocycles. The first kappa shape index (κ1) is 16.7. The fourth-order valence-corrected chi connectivity index (χ4v) is 1.08. The van der Waals surface area contributed by atoms with Crippen LogP contribution in [0.3, 0.4) is 0 Å². The summed E-state index contributed by atoms with van der Waals surface area (Å²) < 4.78 is 4.96. The number of rotatable bonds is 5. The molecule has 18 heavy (non-hydrogen) atoms. The molecule has 1 aromatic heterocycles. The van der Waals surface area contributed by atoms with Gasteiger partial charge in [0.2, 0.25) is 11.8 Å². The summed E-state index contributed by atoms with van der Waals surface area (Å²) in [5.41, 5.74) is 5.69. The molecule has 104 valence electrons. The molecule has 0 aliphatic rings. The van der Waals surface area contributed by atoms with E-state index < -0.39 is 6.04 Å². The largest absolute Gasteiger partial charge is 0.346 e. The zero-order valence-corrected chi connectivity index (χ0v) is 11.8. The Morgan fingerprint density at radius 3 is 2.56 bits per heavy atom. The first-order chi connectivity index (χ1) is 7.91. The zero-order valence-electron chi connectivity index (χ0n) is 11.0. The van der Waals surface area contributed by atoms with Crippen LogP contribution in [0.25, 0.3) is 0 Å². The van der Waals surface area contributed by atoms with Gasteiger partial charge in [0, 0.05) is 14.1 Å². The van der Waals surface area contributed by atoms with Gasteiger partial charge in [-0.15, -0.1) is 12.4 Å². The van der Waals surface area contributed by atoms with Crippen LogP contribution in [0.4, 0.5) is 5.95 Å². The summed E-state index contributed by atoms with van der Waals surface area (Å²) in [6, 6.07) is -0.522. The number of nitrogens with zero attached hydrogens (tertiary/aromatic N) is 3. The van der Waals surface area contributed by atoms with E-state index in [0.29, 0.717) is 11.8 Å². The number of nitrogens with two attached hydrogens (primary N) is 1. The molecule has 0 fully saturated rings. The van der Waals surface area contributed by atoms with Crippen molar-refractivity contribution in [2.24, 2.45) is 11.7 Å². The number of hydrogen-bond acceptors (Lipinski definition) is 6. The van der Waals surface area contributed by atoms with E-state index >= 15 is 0 Å². The molecule has 1 aromatic rings. The average molecular weight is 278 g/mol. The van der Waals surface area contributed by atoms with Crippen LogP contribution >= 0.6 is 12.4 Å². The molecule has 0 saturated heterocycles. The molecule has 0 bridgehead atoms. The Balaban J connectivity index is 0.00000289. The molecule has 0 unspecified atom stereocenters. The lowest BCUT2D eigenvalue weighted by Gasteiger charge is -2.14. The van der Waals surface area contributed by atoms with Crippen molar-refractivity contribution in [2.45, 2.75) is 26.4 Å². The quantitative estimate of drug-likeness (QED) is 0.795. The molecule has 1 heterocycles. The van der Waals surface area contributed by atoms with Crippen molar-refractivity contribution in [3.05, 3.63) is 5.89 Å². The fourth-order valence-electron chi connectivity index (χ4n) is 1.08. The summed E-state index contributed by atoms with van der Waals surface area (Å²) >= 11 is 0. The monoisotopic (exact) mass is 277 g/mol. The van der Waals surface area contributed by atoms with Crippen LogP contribution in [-0.2, 0) is 11.3 Å². The van der Waals surface area contributed by atoms with Crippen molar-refractivity contribution in [1.29, 1.82) is 0 Å². The molecule has 1 rings (SSSR count). The van der Waals surface area contributed by atoms with Crippen LogP contribution in [0.2, 0.25) is 0 Å². The highest BCUT2D eigenvalue weighted by Gasteiger charge is 2.17. The van der Waals surface area contributed by atoms with Crippen LogP contribution in [-0.4, -0.2) is 36.2 Å². The van der Waals surface area contributed by atoms with Crippen LogP contribution < -0.4 is 16.0 Å². The minimum atomic E-state index is -0.522. The number of carbonyl (C=O) groups is 1. The SMILES string of the molecule is CC(C)[C@H](N)C(=O)NCc1nc(N(C)C)no1.Cl. The van der Waals surface area contributed by atoms with Gasteiger partial charge in [0.25, 0.3) is 5.95 Å². The number of aromatic nitrogens is 2. The third-order valence-corrected chi connectivity index (χ3v) is 2.29. The van der Waals surface area contributed by atoms with Crippen LogP contribution in [0.5, 0.6) is 0 Å². The molecule has 0 saturated carbocycles. The van der Waals surface area contributed by atoms with E-state index in [0.717, 1.165) is 0 Å². The predicted octanol–water partition coefficient (Wildman–Crippen LogP) is 0.157. The number of amides is 1. The van der Waals surface area contributed by atoms with Crippen molar-refractivity contribution in [1.82, 2.24) is 15.5 Å². The molecule has 0 radical (unpaired) electrons. The molecule has 8 heteroatoms. The Labute approximate surface area is 113 Å². The standard InChI is InChI=1S/C10H19N5O2.ClH/c1-6(2)8(11)9(16)12-5-7-13-10(14-17-7)15(3)4;/h6,8H,5,11H2,1-4H3,(H,12,16);1H/t8-;/m0./s1. The van der Waals surface area contributed by atoms with Crippen molar-refractivity contribution in [2.75, 3.05) is 19.0 Å². The van der Waals surface area contributed by atoms with Gasteiger partial charge in [-0.3, -0.25) is 4.79 Å². The Kier molecular flexibility index (Phi) is 6.64. The van der Waals surface area contributed by atoms with E-state index in [-0.39, 0.29) is 30.8 Å². The lowest BCUT2D eigenvalue weighted by Crippen LogP contribution is -2.43. The first-order valence-corrected chi connectivity index (χ1v) is 5.45. The molecule has 1 atom stereocenters. The fraction of sp³-hybridized carbons (Fsp3) is 0.700. The highest BCUT2D eigenvalue weighted by Crippen LogP contribution is 2.05. The van der Waals surface area contributed by atoms with Gasteiger partial charge in [-0.25, -0.2) is 0 Å². The van der Waals surface area contributed by atoms with Crippen molar-refractivity contribution in [3.8, 4) is 0 Å². The van der Waals surface area contributed by atoms with Crippen molar-refractivity contribution in [3.63, 3.8) is 0 Å². The highest BCUT2D eigenvalue weighted by molar-refractivity contribution is 5.85. The Hall–Kier alpha value is -1.34. The second-order valence-electron chi connectivity index (χ2n) is 4.37. The summed E-state index contributed by atoms with van der Waals surface area (Å²) in [4.78, 5) is 17.4. The maximum Gasteiger partial charge on any atom is 0.265 e. The molecule has 1 amide bonds. The maximum atomic E-state index is 11.6. The third-order valence-electron chi connectivity index (χ3n) is 2.29. The summed E-state index contributed by atoms with van der Waals surface area (Å²) in [5.74, 6) is 0.708. The van der Waals surface area contributed by atoms with E-state index in [4.69, 9.17) is 10.3 Å². The van der Waals surface area contributed by atoms with Crippen molar-refractivity contribution >= 4 is 24.3 Å². The number of halogens is 1. The maximum absolute atomic E-state index is 11.6. The third kappa shape index (κ3) is 4.50. The minimum absolute atomic E-state index is 0. The second kappa shape index (κ2) is 7.17. The zero-order chi connectivity index (χ0) is 13.0. The van der Waals surface area contributed by atoms with E-state index in [1.54, 1.807) is 4.90 Å². The molecule has 0 aliphatic carbocycles. The predicted molar refractivity (Wildman–Crippen MR) is 70.5 cm³/mol. The van der Waals surface area contributed by atoms with E-state index in [9.17, 15) is 4.79 Å². The molecular formula is C10H20ClN5O2. The van der Waals surface area contributed by atoms with Gasteiger partial charge in [-0.2, -0.15) is 4.98 Å². The van der Waals surface area contributed by atoms with Gasteiger partial charge in [0.1, 0.15) is 0 Å². The highest BCUT2D eigenvalue weighted by atomic mass is 35.5. The van der Waals surface area contributed by atoms with Gasteiger partial charge < -0.3 is 20.5 Å². The van der Waals surface area contributed by atoms with Crippen molar-refractivity contribution < 1.29 is 9.32 Å². The number of anilines is 1. The summed E-state index contributed by atoms with van der Waals surface area (Å²) in [5, 5.41) is 6.38. The van der Waals surface area contributed by atoms with Crippen LogP contribution in [0, 0.1) is 5.92 Å². The van der Waals surface area contributed by atoms with Gasteiger partial charge >= 0.3 is 0 Å². The number of nitrogens with one attached hydrogen (secondary N) is 1. The summed E-state index contributed by atoms with van der Waals surface area (Å²) in [6.07, 6.45) is 0. The lowest BCUT2D eigenvalue weighted by atomic mass is 10.1. The molecule has 7 nitrogen and oxygen atoms in total. The van der Waals surface area contributed by atoms with Gasteiger partial charge in [0.05, 0.1) is 12.6 Å². The topological polar surface area (TPSA) is 97.3 Å². The van der Waals surface area contributed by atoms with E-state index in [1.807, 2.05) is 27.9 Å². The summed E-state index contributed by atoms with van der Waals surface area (Å²) in [7, 11) is 3.61. The van der Waals surface area contributed by atoms with Crippen LogP contribution in [0.1, 0.15) is 19.7 Å².